The molecule has 0 saturated heterocycles. The van der Waals surface area contributed by atoms with Crippen molar-refractivity contribution in [2.24, 2.45) is 0 Å². The highest BCUT2D eigenvalue weighted by atomic mass is 32.2. The first-order chi connectivity index (χ1) is 10.8. The summed E-state index contributed by atoms with van der Waals surface area (Å²) in [4.78, 5) is 4.64. The molecule has 3 rings (SSSR count). The second-order valence-corrected chi connectivity index (χ2v) is 8.66. The number of benzene rings is 2. The summed E-state index contributed by atoms with van der Waals surface area (Å²) in [5.41, 5.74) is 2.55. The Morgan fingerprint density at radius 3 is 2.43 bits per heavy atom. The van der Waals surface area contributed by atoms with E-state index in [4.69, 9.17) is 0 Å². The minimum absolute atomic E-state index is 0.266. The summed E-state index contributed by atoms with van der Waals surface area (Å²) in [7, 11) is -3.58. The molecule has 0 aliphatic rings. The monoisotopic (exact) mass is 346 g/mol. The molecule has 0 aliphatic heterocycles. The van der Waals surface area contributed by atoms with Gasteiger partial charge in [0.05, 0.1) is 25.8 Å². The Bertz CT molecular complexity index is 942. The summed E-state index contributed by atoms with van der Waals surface area (Å²) in [6.45, 7) is 6.09. The average molecular weight is 346 g/mol. The minimum atomic E-state index is -3.58. The Morgan fingerprint density at radius 1 is 1.09 bits per heavy atom. The van der Waals surface area contributed by atoms with Crippen LogP contribution in [0, 0.1) is 6.92 Å². The van der Waals surface area contributed by atoms with Crippen LogP contribution in [0.25, 0.3) is 10.2 Å². The molecule has 0 bridgehead atoms. The zero-order chi connectivity index (χ0) is 16.6. The molecule has 0 radical (unpaired) electrons. The molecule has 3 aromatic rings. The van der Waals surface area contributed by atoms with E-state index < -0.39 is 10.0 Å². The molecular formula is C17H18N2O2S2. The number of thiazole rings is 1. The summed E-state index contributed by atoms with van der Waals surface area (Å²) in [6.07, 6.45) is 0. The van der Waals surface area contributed by atoms with Crippen molar-refractivity contribution in [1.82, 2.24) is 4.98 Å². The van der Waals surface area contributed by atoms with Crippen LogP contribution in [0.15, 0.2) is 47.4 Å². The molecule has 0 fully saturated rings. The second kappa shape index (κ2) is 5.94. The van der Waals surface area contributed by atoms with Gasteiger partial charge in [0.1, 0.15) is 0 Å². The van der Waals surface area contributed by atoms with Crippen molar-refractivity contribution in [3.63, 3.8) is 0 Å². The fraction of sp³-hybridized carbons (Fsp3) is 0.235. The Morgan fingerprint density at radius 2 is 1.78 bits per heavy atom. The number of hydrogen-bond donors (Lipinski definition) is 1. The highest BCUT2D eigenvalue weighted by Crippen LogP contribution is 2.26. The van der Waals surface area contributed by atoms with Crippen molar-refractivity contribution >= 4 is 37.3 Å². The normalized spacial score (nSPS) is 12.0. The van der Waals surface area contributed by atoms with Gasteiger partial charge in [0, 0.05) is 0 Å². The van der Waals surface area contributed by atoms with Gasteiger partial charge in [-0.3, -0.25) is 4.72 Å². The first-order valence-corrected chi connectivity index (χ1v) is 9.65. The fourth-order valence-corrected chi connectivity index (χ4v) is 4.27. The summed E-state index contributed by atoms with van der Waals surface area (Å²) >= 11 is 1.55. The molecule has 6 heteroatoms. The number of rotatable bonds is 4. The lowest BCUT2D eigenvalue weighted by molar-refractivity contribution is 0.601. The molecule has 0 unspecified atom stereocenters. The van der Waals surface area contributed by atoms with Crippen LogP contribution in [0.2, 0.25) is 0 Å². The van der Waals surface area contributed by atoms with Crippen LogP contribution in [0.3, 0.4) is 0 Å². The van der Waals surface area contributed by atoms with Crippen molar-refractivity contribution in [3.05, 3.63) is 53.0 Å². The van der Waals surface area contributed by atoms with E-state index in [1.807, 2.05) is 31.2 Å². The number of aromatic nitrogens is 1. The van der Waals surface area contributed by atoms with Crippen LogP contribution in [-0.2, 0) is 10.0 Å². The van der Waals surface area contributed by atoms with Crippen LogP contribution >= 0.6 is 11.3 Å². The maximum absolute atomic E-state index is 12.5. The lowest BCUT2D eigenvalue weighted by atomic mass is 10.0. The van der Waals surface area contributed by atoms with E-state index in [1.165, 1.54) is 0 Å². The van der Waals surface area contributed by atoms with Gasteiger partial charge >= 0.3 is 0 Å². The Balaban J connectivity index is 1.89. The number of nitrogens with zero attached hydrogens (tertiary/aromatic N) is 1. The van der Waals surface area contributed by atoms with Gasteiger partial charge in [-0.05, 0) is 48.7 Å². The van der Waals surface area contributed by atoms with Crippen LogP contribution in [0.1, 0.15) is 30.3 Å². The van der Waals surface area contributed by atoms with E-state index in [1.54, 1.807) is 29.5 Å². The van der Waals surface area contributed by atoms with Crippen LogP contribution in [-0.4, -0.2) is 13.4 Å². The first-order valence-electron chi connectivity index (χ1n) is 7.35. The van der Waals surface area contributed by atoms with E-state index in [0.29, 0.717) is 11.6 Å². The summed E-state index contributed by atoms with van der Waals surface area (Å²) in [5.74, 6) is 0.372. The van der Waals surface area contributed by atoms with Gasteiger partial charge < -0.3 is 0 Å². The topological polar surface area (TPSA) is 59.1 Å². The van der Waals surface area contributed by atoms with Gasteiger partial charge in [-0.1, -0.05) is 26.0 Å². The highest BCUT2D eigenvalue weighted by molar-refractivity contribution is 7.92. The van der Waals surface area contributed by atoms with Crippen LogP contribution in [0.5, 0.6) is 0 Å². The van der Waals surface area contributed by atoms with Gasteiger partial charge in [-0.2, -0.15) is 0 Å². The van der Waals surface area contributed by atoms with Crippen LogP contribution < -0.4 is 4.72 Å². The Kier molecular flexibility index (Phi) is 4.12. The standard InChI is InChI=1S/C17H18N2O2S2/c1-11(2)13-4-7-15(8-5-13)23(20,21)19-14-6-9-16-17(10-14)22-12(3)18-16/h4-11,19H,1-3H3. The Hall–Kier alpha value is -1.92. The zero-order valence-corrected chi connectivity index (χ0v) is 14.8. The van der Waals surface area contributed by atoms with Gasteiger partial charge in [-0.15, -0.1) is 11.3 Å². The maximum Gasteiger partial charge on any atom is 0.261 e. The molecule has 2 aromatic carbocycles. The predicted octanol–water partition coefficient (Wildman–Crippen LogP) is 4.53. The van der Waals surface area contributed by atoms with Gasteiger partial charge in [0.25, 0.3) is 10.0 Å². The largest absolute Gasteiger partial charge is 0.280 e. The molecule has 0 saturated carbocycles. The third-order valence-corrected chi connectivity index (χ3v) is 5.94. The van der Waals surface area contributed by atoms with E-state index in [-0.39, 0.29) is 4.90 Å². The molecule has 120 valence electrons. The molecule has 0 amide bonds. The second-order valence-electron chi connectivity index (χ2n) is 5.74. The SMILES string of the molecule is Cc1nc2ccc(NS(=O)(=O)c3ccc(C(C)C)cc3)cc2s1. The van der Waals surface area contributed by atoms with Gasteiger partial charge in [0.2, 0.25) is 0 Å². The zero-order valence-electron chi connectivity index (χ0n) is 13.2. The van der Waals surface area contributed by atoms with Gasteiger partial charge in [-0.25, -0.2) is 13.4 Å². The van der Waals surface area contributed by atoms with E-state index in [9.17, 15) is 8.42 Å². The molecule has 0 atom stereocenters. The third-order valence-electron chi connectivity index (χ3n) is 3.60. The van der Waals surface area contributed by atoms with Crippen molar-refractivity contribution in [1.29, 1.82) is 0 Å². The number of nitrogens with one attached hydrogen (secondary N) is 1. The number of hydrogen-bond acceptors (Lipinski definition) is 4. The molecule has 1 N–H and O–H groups in total. The third kappa shape index (κ3) is 3.38. The van der Waals surface area contributed by atoms with Crippen molar-refractivity contribution < 1.29 is 8.42 Å². The van der Waals surface area contributed by atoms with E-state index in [0.717, 1.165) is 20.8 Å². The number of aryl methyl sites for hydroxylation is 1. The summed E-state index contributed by atoms with van der Waals surface area (Å²) < 4.78 is 28.6. The van der Waals surface area contributed by atoms with Crippen molar-refractivity contribution in [3.8, 4) is 0 Å². The molecule has 1 aromatic heterocycles. The average Bonchev–Trinajstić information content (AvgIpc) is 2.86. The molecule has 4 nitrogen and oxygen atoms in total. The summed E-state index contributed by atoms with van der Waals surface area (Å²) in [5, 5.41) is 0.962. The molecule has 0 aliphatic carbocycles. The quantitative estimate of drug-likeness (QED) is 0.755. The molecular weight excluding hydrogens is 328 g/mol. The van der Waals surface area contributed by atoms with Crippen molar-refractivity contribution in [2.45, 2.75) is 31.6 Å². The Labute approximate surface area is 140 Å². The van der Waals surface area contributed by atoms with Crippen LogP contribution in [0.4, 0.5) is 5.69 Å². The lowest BCUT2D eigenvalue weighted by Crippen LogP contribution is -2.12. The molecule has 1 heterocycles. The number of fused-ring (bicyclic) bond motifs is 1. The fourth-order valence-electron chi connectivity index (χ4n) is 2.35. The van der Waals surface area contributed by atoms with E-state index in [2.05, 4.69) is 23.6 Å². The number of sulfonamides is 1. The molecule has 23 heavy (non-hydrogen) atoms. The summed E-state index contributed by atoms with van der Waals surface area (Å²) in [6, 6.07) is 12.4. The lowest BCUT2D eigenvalue weighted by Gasteiger charge is -2.10. The minimum Gasteiger partial charge on any atom is -0.280 e. The highest BCUT2D eigenvalue weighted by Gasteiger charge is 2.15. The molecule has 0 spiro atoms. The predicted molar refractivity (Wildman–Crippen MR) is 95.7 cm³/mol. The number of anilines is 1. The first kappa shape index (κ1) is 16.0. The van der Waals surface area contributed by atoms with Crippen molar-refractivity contribution in [2.75, 3.05) is 4.72 Å². The maximum atomic E-state index is 12.5. The van der Waals surface area contributed by atoms with Gasteiger partial charge in [0.15, 0.2) is 0 Å². The van der Waals surface area contributed by atoms with E-state index >= 15 is 0 Å². The smallest absolute Gasteiger partial charge is 0.261 e.